The number of benzene rings is 2. The number of carbonyl (C=O) groups excluding carboxylic acids is 2. The Morgan fingerprint density at radius 3 is 2.18 bits per heavy atom. The van der Waals surface area contributed by atoms with Gasteiger partial charge in [-0.25, -0.2) is 0 Å². The van der Waals surface area contributed by atoms with Gasteiger partial charge in [0.25, 0.3) is 0 Å². The van der Waals surface area contributed by atoms with Crippen LogP contribution in [-0.4, -0.2) is 73.0 Å². The number of anilines is 1. The zero-order valence-electron chi connectivity index (χ0n) is 19.8. The van der Waals surface area contributed by atoms with Gasteiger partial charge in [-0.05, 0) is 38.5 Å². The molecular formula is C26H34N4O3. The Bertz CT molecular complexity index is 965. The average Bonchev–Trinajstić information content (AvgIpc) is 2.79. The van der Waals surface area contributed by atoms with Gasteiger partial charge in [0, 0.05) is 31.7 Å². The summed E-state index contributed by atoms with van der Waals surface area (Å²) < 4.78 is 5.99. The molecule has 1 fully saturated rings. The first-order valence-corrected chi connectivity index (χ1v) is 11.6. The lowest BCUT2D eigenvalue weighted by Crippen LogP contribution is -2.54. The summed E-state index contributed by atoms with van der Waals surface area (Å²) in [5.74, 6) is 0.855. The normalized spacial score (nSPS) is 19.5. The van der Waals surface area contributed by atoms with Crippen molar-refractivity contribution in [2.45, 2.75) is 32.4 Å². The van der Waals surface area contributed by atoms with Crippen LogP contribution in [0.3, 0.4) is 0 Å². The fourth-order valence-electron chi connectivity index (χ4n) is 4.45. The number of fused-ring (bicyclic) bond motifs is 1. The molecule has 2 amide bonds. The molecular weight excluding hydrogens is 416 g/mol. The van der Waals surface area contributed by atoms with Gasteiger partial charge in [0.15, 0.2) is 0 Å². The molecule has 0 aromatic heterocycles. The predicted molar refractivity (Wildman–Crippen MR) is 129 cm³/mol. The fourth-order valence-corrected chi connectivity index (χ4v) is 4.45. The molecule has 0 saturated carbocycles. The van der Waals surface area contributed by atoms with Gasteiger partial charge in [-0.2, -0.15) is 0 Å². The van der Waals surface area contributed by atoms with E-state index >= 15 is 0 Å². The summed E-state index contributed by atoms with van der Waals surface area (Å²) >= 11 is 0. The van der Waals surface area contributed by atoms with Crippen LogP contribution < -0.4 is 15.0 Å². The molecule has 0 unspecified atom stereocenters. The van der Waals surface area contributed by atoms with E-state index < -0.39 is 0 Å². The van der Waals surface area contributed by atoms with Gasteiger partial charge in [-0.1, -0.05) is 42.5 Å². The number of nitrogens with zero attached hydrogens (tertiary/aromatic N) is 3. The lowest BCUT2D eigenvalue weighted by atomic mass is 10.0. The van der Waals surface area contributed by atoms with Crippen molar-refractivity contribution < 1.29 is 14.3 Å². The number of ether oxygens (including phenoxy) is 1. The maximum Gasteiger partial charge on any atom is 0.241 e. The van der Waals surface area contributed by atoms with Crippen LogP contribution in [-0.2, 0) is 9.59 Å². The first-order chi connectivity index (χ1) is 15.8. The molecule has 1 N–H and O–H groups in total. The van der Waals surface area contributed by atoms with Gasteiger partial charge in [-0.15, -0.1) is 0 Å². The Balaban J connectivity index is 1.40. The van der Waals surface area contributed by atoms with Gasteiger partial charge < -0.3 is 10.1 Å². The smallest absolute Gasteiger partial charge is 0.241 e. The minimum atomic E-state index is -0.227. The van der Waals surface area contributed by atoms with Crippen LogP contribution in [0, 0.1) is 0 Å². The van der Waals surface area contributed by atoms with Crippen molar-refractivity contribution in [3.05, 3.63) is 60.2 Å². The van der Waals surface area contributed by atoms with Crippen LogP contribution in [0.15, 0.2) is 54.6 Å². The first kappa shape index (κ1) is 23.3. The van der Waals surface area contributed by atoms with E-state index in [1.807, 2.05) is 80.3 Å². The number of rotatable bonds is 5. The summed E-state index contributed by atoms with van der Waals surface area (Å²) in [4.78, 5) is 32.1. The Kier molecular flexibility index (Phi) is 7.00. The van der Waals surface area contributed by atoms with Crippen molar-refractivity contribution in [2.75, 3.05) is 50.8 Å². The van der Waals surface area contributed by atoms with Crippen LogP contribution in [0.1, 0.15) is 32.4 Å². The first-order valence-electron chi connectivity index (χ1n) is 11.6. The molecule has 2 aliphatic rings. The molecule has 0 spiro atoms. The number of piperazine rings is 1. The third-order valence-corrected chi connectivity index (χ3v) is 5.99. The number of nitrogens with one attached hydrogen (secondary N) is 1. The molecule has 0 bridgehead atoms. The summed E-state index contributed by atoms with van der Waals surface area (Å²) in [5, 5.41) is 3.02. The molecule has 0 radical (unpaired) electrons. The summed E-state index contributed by atoms with van der Waals surface area (Å²) in [5.41, 5.74) is 1.66. The van der Waals surface area contributed by atoms with E-state index in [-0.39, 0.29) is 23.4 Å². The Morgan fingerprint density at radius 1 is 0.909 bits per heavy atom. The lowest BCUT2D eigenvalue weighted by Gasteiger charge is -2.39. The van der Waals surface area contributed by atoms with E-state index in [1.165, 1.54) is 0 Å². The van der Waals surface area contributed by atoms with Crippen molar-refractivity contribution in [3.63, 3.8) is 0 Å². The van der Waals surface area contributed by atoms with Crippen LogP contribution in [0.2, 0.25) is 0 Å². The van der Waals surface area contributed by atoms with Gasteiger partial charge in [0.2, 0.25) is 11.8 Å². The van der Waals surface area contributed by atoms with E-state index in [0.717, 1.165) is 43.2 Å². The zero-order chi connectivity index (χ0) is 23.4. The van der Waals surface area contributed by atoms with Crippen LogP contribution in [0.25, 0.3) is 0 Å². The summed E-state index contributed by atoms with van der Waals surface area (Å²) in [6, 6.07) is 17.6. The number of hydrogen-bond acceptors (Lipinski definition) is 5. The molecule has 1 saturated heterocycles. The van der Waals surface area contributed by atoms with E-state index in [9.17, 15) is 9.59 Å². The Hall–Kier alpha value is -2.90. The molecule has 4 rings (SSSR count). The van der Waals surface area contributed by atoms with Gasteiger partial charge in [-0.3, -0.25) is 24.3 Å². The summed E-state index contributed by atoms with van der Waals surface area (Å²) in [6.07, 6.45) is 0. The highest BCUT2D eigenvalue weighted by Gasteiger charge is 2.34. The topological polar surface area (TPSA) is 65.1 Å². The molecule has 2 aromatic rings. The van der Waals surface area contributed by atoms with E-state index in [1.54, 1.807) is 0 Å². The van der Waals surface area contributed by atoms with E-state index in [4.69, 9.17) is 4.74 Å². The predicted octanol–water partition coefficient (Wildman–Crippen LogP) is 2.69. The van der Waals surface area contributed by atoms with Crippen molar-refractivity contribution in [1.82, 2.24) is 15.1 Å². The fraction of sp³-hybridized carbons (Fsp3) is 0.462. The molecule has 2 heterocycles. The largest absolute Gasteiger partial charge is 0.489 e. The molecule has 2 aliphatic heterocycles. The van der Waals surface area contributed by atoms with E-state index in [0.29, 0.717) is 19.7 Å². The maximum absolute atomic E-state index is 13.6. The third-order valence-electron chi connectivity index (χ3n) is 5.99. The third kappa shape index (κ3) is 5.92. The highest BCUT2D eigenvalue weighted by molar-refractivity contribution is 5.97. The second-order valence-electron chi connectivity index (χ2n) is 9.82. The van der Waals surface area contributed by atoms with Crippen molar-refractivity contribution in [1.29, 1.82) is 0 Å². The van der Waals surface area contributed by atoms with Gasteiger partial charge in [0.1, 0.15) is 12.4 Å². The van der Waals surface area contributed by atoms with Gasteiger partial charge in [0.05, 0.1) is 24.8 Å². The van der Waals surface area contributed by atoms with Crippen molar-refractivity contribution >= 4 is 17.5 Å². The van der Waals surface area contributed by atoms with Crippen LogP contribution in [0.5, 0.6) is 5.75 Å². The second-order valence-corrected chi connectivity index (χ2v) is 9.82. The standard InChI is InChI=1S/C26H34N4O3/c1-26(2,3)27-24(31)17-28-13-15-29(16-14-28)18-25(32)30-21-11-7-8-12-23(21)33-19-22(30)20-9-5-4-6-10-20/h4-12,22H,13-19H2,1-3H3,(H,27,31)/t22-/m0/s1. The van der Waals surface area contributed by atoms with Gasteiger partial charge >= 0.3 is 0 Å². The molecule has 33 heavy (non-hydrogen) atoms. The monoisotopic (exact) mass is 450 g/mol. The highest BCUT2D eigenvalue weighted by Crippen LogP contribution is 2.39. The molecule has 2 aromatic carbocycles. The second kappa shape index (κ2) is 9.93. The minimum absolute atomic E-state index is 0.0441. The minimum Gasteiger partial charge on any atom is -0.489 e. The molecule has 7 nitrogen and oxygen atoms in total. The number of para-hydroxylation sites is 2. The SMILES string of the molecule is CC(C)(C)NC(=O)CN1CCN(CC(=O)N2c3ccccc3OC[C@H]2c2ccccc2)CC1. The lowest BCUT2D eigenvalue weighted by molar-refractivity contribution is -0.125. The van der Waals surface area contributed by atoms with Crippen LogP contribution >= 0.6 is 0 Å². The number of carbonyl (C=O) groups is 2. The van der Waals surface area contributed by atoms with E-state index in [2.05, 4.69) is 15.1 Å². The molecule has 176 valence electrons. The van der Waals surface area contributed by atoms with Crippen molar-refractivity contribution in [3.8, 4) is 5.75 Å². The average molecular weight is 451 g/mol. The molecule has 7 heteroatoms. The maximum atomic E-state index is 13.6. The number of hydrogen-bond donors (Lipinski definition) is 1. The quantitative estimate of drug-likeness (QED) is 0.759. The van der Waals surface area contributed by atoms with Crippen molar-refractivity contribution in [2.24, 2.45) is 0 Å². The van der Waals surface area contributed by atoms with Crippen LogP contribution in [0.4, 0.5) is 5.69 Å². The molecule has 1 atom stereocenters. The zero-order valence-corrected chi connectivity index (χ0v) is 19.8. The number of amides is 2. The Morgan fingerprint density at radius 2 is 1.52 bits per heavy atom. The molecule has 0 aliphatic carbocycles. The Labute approximate surface area is 196 Å². The highest BCUT2D eigenvalue weighted by atomic mass is 16.5. The summed E-state index contributed by atoms with van der Waals surface area (Å²) in [6.45, 7) is 10.2. The summed E-state index contributed by atoms with van der Waals surface area (Å²) in [7, 11) is 0.